The van der Waals surface area contributed by atoms with Crippen molar-refractivity contribution < 1.29 is 9.59 Å². The minimum Gasteiger partial charge on any atom is -0.366 e. The number of carbonyl (C=O) groups is 2. The molecule has 0 radical (unpaired) electrons. The third-order valence-corrected chi connectivity index (χ3v) is 4.25. The van der Waals surface area contributed by atoms with Crippen LogP contribution in [0.1, 0.15) is 42.6 Å². The normalized spacial score (nSPS) is 20.8. The molecule has 1 fully saturated rings. The number of nitrogens with two attached hydrogens (primary N) is 1. The van der Waals surface area contributed by atoms with Gasteiger partial charge in [0.2, 0.25) is 11.8 Å². The standard InChI is InChI=1S/C16H23N3O2/c1-10-11(14(17)20)6-4-7-12(10)19-15(21)13-16(2,3)8-5-9-18-13/h4,6-7,13,18H,5,8-9H2,1-3H3,(H2,17,20)(H,19,21). The van der Waals surface area contributed by atoms with Gasteiger partial charge >= 0.3 is 0 Å². The second-order valence-corrected chi connectivity index (χ2v) is 6.31. The van der Waals surface area contributed by atoms with Crippen molar-refractivity contribution in [3.8, 4) is 0 Å². The molecule has 0 aliphatic carbocycles. The smallest absolute Gasteiger partial charge is 0.249 e. The molecule has 4 N–H and O–H groups in total. The highest BCUT2D eigenvalue weighted by atomic mass is 16.2. The number of rotatable bonds is 3. The lowest BCUT2D eigenvalue weighted by atomic mass is 9.77. The lowest BCUT2D eigenvalue weighted by molar-refractivity contribution is -0.121. The Bertz CT molecular complexity index is 567. The summed E-state index contributed by atoms with van der Waals surface area (Å²) in [5.74, 6) is -0.552. The molecular formula is C16H23N3O2. The number of amides is 2. The van der Waals surface area contributed by atoms with Crippen LogP contribution in [0.3, 0.4) is 0 Å². The fraction of sp³-hybridized carbons (Fsp3) is 0.500. The molecule has 1 atom stereocenters. The molecule has 0 aromatic heterocycles. The minimum absolute atomic E-state index is 0.0654. The summed E-state index contributed by atoms with van der Waals surface area (Å²) in [5, 5.41) is 6.20. The third-order valence-electron chi connectivity index (χ3n) is 4.25. The third kappa shape index (κ3) is 3.24. The summed E-state index contributed by atoms with van der Waals surface area (Å²) in [6.07, 6.45) is 2.09. The lowest BCUT2D eigenvalue weighted by Crippen LogP contribution is -2.53. The van der Waals surface area contributed by atoms with E-state index in [1.54, 1.807) is 25.1 Å². The predicted octanol–water partition coefficient (Wildman–Crippen LogP) is 1.81. The molecule has 1 saturated heterocycles. The Morgan fingerprint density at radius 2 is 2.10 bits per heavy atom. The number of hydrogen-bond acceptors (Lipinski definition) is 3. The Labute approximate surface area is 125 Å². The number of piperidine rings is 1. The SMILES string of the molecule is Cc1c(NC(=O)C2NCCCC2(C)C)cccc1C(N)=O. The van der Waals surface area contributed by atoms with E-state index in [0.717, 1.165) is 19.4 Å². The summed E-state index contributed by atoms with van der Waals surface area (Å²) in [4.78, 5) is 23.9. The Kier molecular flexibility index (Phi) is 4.32. The van der Waals surface area contributed by atoms with Gasteiger partial charge in [0.05, 0.1) is 6.04 Å². The first-order valence-corrected chi connectivity index (χ1v) is 7.26. The Morgan fingerprint density at radius 3 is 2.71 bits per heavy atom. The molecule has 0 bridgehead atoms. The number of nitrogens with one attached hydrogen (secondary N) is 2. The number of benzene rings is 1. The highest BCUT2D eigenvalue weighted by Crippen LogP contribution is 2.31. The fourth-order valence-corrected chi connectivity index (χ4v) is 2.90. The molecule has 114 valence electrons. The Hall–Kier alpha value is -1.88. The maximum atomic E-state index is 12.5. The minimum atomic E-state index is -0.486. The summed E-state index contributed by atoms with van der Waals surface area (Å²) in [6.45, 7) is 6.82. The van der Waals surface area contributed by atoms with Gasteiger partial charge in [0.15, 0.2) is 0 Å². The average molecular weight is 289 g/mol. The number of primary amides is 1. The van der Waals surface area contributed by atoms with Crippen LogP contribution in [-0.4, -0.2) is 24.4 Å². The van der Waals surface area contributed by atoms with Gasteiger partial charge in [0.25, 0.3) is 0 Å². The van der Waals surface area contributed by atoms with E-state index in [4.69, 9.17) is 5.73 Å². The lowest BCUT2D eigenvalue weighted by Gasteiger charge is -2.38. The molecule has 0 spiro atoms. The van der Waals surface area contributed by atoms with E-state index in [2.05, 4.69) is 24.5 Å². The second-order valence-electron chi connectivity index (χ2n) is 6.31. The molecular weight excluding hydrogens is 266 g/mol. The van der Waals surface area contributed by atoms with Gasteiger partial charge in [-0.05, 0) is 49.4 Å². The van der Waals surface area contributed by atoms with Gasteiger partial charge in [0.1, 0.15) is 0 Å². The Morgan fingerprint density at radius 1 is 1.38 bits per heavy atom. The predicted molar refractivity (Wildman–Crippen MR) is 83.1 cm³/mol. The average Bonchev–Trinajstić information content (AvgIpc) is 2.40. The molecule has 1 aromatic rings. The molecule has 5 heteroatoms. The second kappa shape index (κ2) is 5.85. The van der Waals surface area contributed by atoms with Gasteiger partial charge in [-0.25, -0.2) is 0 Å². The molecule has 5 nitrogen and oxygen atoms in total. The van der Waals surface area contributed by atoms with Crippen molar-refractivity contribution in [1.29, 1.82) is 0 Å². The molecule has 0 saturated carbocycles. The number of carbonyl (C=O) groups excluding carboxylic acids is 2. The van der Waals surface area contributed by atoms with Crippen LogP contribution in [0.2, 0.25) is 0 Å². The van der Waals surface area contributed by atoms with Gasteiger partial charge in [-0.3, -0.25) is 9.59 Å². The summed E-state index contributed by atoms with van der Waals surface area (Å²) >= 11 is 0. The van der Waals surface area contributed by atoms with Crippen molar-refractivity contribution in [2.24, 2.45) is 11.1 Å². The van der Waals surface area contributed by atoms with Crippen LogP contribution in [0.25, 0.3) is 0 Å². The zero-order valence-electron chi connectivity index (χ0n) is 12.8. The van der Waals surface area contributed by atoms with Crippen molar-refractivity contribution >= 4 is 17.5 Å². The van der Waals surface area contributed by atoms with Crippen molar-refractivity contribution in [2.45, 2.75) is 39.7 Å². The highest BCUT2D eigenvalue weighted by Gasteiger charge is 2.37. The van der Waals surface area contributed by atoms with Gasteiger partial charge in [-0.2, -0.15) is 0 Å². The summed E-state index contributed by atoms with van der Waals surface area (Å²) in [7, 11) is 0. The first kappa shape index (κ1) is 15.5. The maximum Gasteiger partial charge on any atom is 0.249 e. The number of anilines is 1. The zero-order chi connectivity index (χ0) is 15.6. The molecule has 21 heavy (non-hydrogen) atoms. The first-order valence-electron chi connectivity index (χ1n) is 7.26. The van der Waals surface area contributed by atoms with Crippen LogP contribution in [0.5, 0.6) is 0 Å². The van der Waals surface area contributed by atoms with E-state index in [9.17, 15) is 9.59 Å². The van der Waals surface area contributed by atoms with Crippen LogP contribution in [0.4, 0.5) is 5.69 Å². The van der Waals surface area contributed by atoms with Crippen LogP contribution in [0.15, 0.2) is 18.2 Å². The van der Waals surface area contributed by atoms with Gasteiger partial charge in [-0.15, -0.1) is 0 Å². The van der Waals surface area contributed by atoms with Crippen molar-refractivity contribution in [3.63, 3.8) is 0 Å². The molecule has 1 heterocycles. The maximum absolute atomic E-state index is 12.5. The van der Waals surface area contributed by atoms with Crippen LogP contribution < -0.4 is 16.4 Å². The molecule has 2 amide bonds. The number of hydrogen-bond donors (Lipinski definition) is 3. The zero-order valence-corrected chi connectivity index (χ0v) is 12.8. The summed E-state index contributed by atoms with van der Waals surface area (Å²) in [6, 6.07) is 4.94. The van der Waals surface area contributed by atoms with Crippen LogP contribution in [0, 0.1) is 12.3 Å². The summed E-state index contributed by atoms with van der Waals surface area (Å²) < 4.78 is 0. The topological polar surface area (TPSA) is 84.2 Å². The Balaban J connectivity index is 2.20. The largest absolute Gasteiger partial charge is 0.366 e. The summed E-state index contributed by atoms with van der Waals surface area (Å²) in [5.41, 5.74) is 7.02. The molecule has 1 aromatic carbocycles. The van der Waals surface area contributed by atoms with E-state index < -0.39 is 5.91 Å². The fourth-order valence-electron chi connectivity index (χ4n) is 2.90. The van der Waals surface area contributed by atoms with Gasteiger partial charge in [0, 0.05) is 11.3 Å². The molecule has 1 aliphatic rings. The van der Waals surface area contributed by atoms with E-state index in [1.165, 1.54) is 0 Å². The van der Waals surface area contributed by atoms with E-state index in [0.29, 0.717) is 16.8 Å². The highest BCUT2D eigenvalue weighted by molar-refractivity contribution is 6.00. The molecule has 1 unspecified atom stereocenters. The first-order chi connectivity index (χ1) is 9.83. The van der Waals surface area contributed by atoms with Crippen molar-refractivity contribution in [1.82, 2.24) is 5.32 Å². The molecule has 2 rings (SSSR count). The van der Waals surface area contributed by atoms with E-state index in [-0.39, 0.29) is 17.4 Å². The van der Waals surface area contributed by atoms with E-state index >= 15 is 0 Å². The van der Waals surface area contributed by atoms with E-state index in [1.807, 2.05) is 0 Å². The van der Waals surface area contributed by atoms with Crippen LogP contribution >= 0.6 is 0 Å². The van der Waals surface area contributed by atoms with Crippen molar-refractivity contribution in [3.05, 3.63) is 29.3 Å². The van der Waals surface area contributed by atoms with Gasteiger partial charge < -0.3 is 16.4 Å². The quantitative estimate of drug-likeness (QED) is 0.793. The van der Waals surface area contributed by atoms with Crippen molar-refractivity contribution in [2.75, 3.05) is 11.9 Å². The molecule has 1 aliphatic heterocycles. The van der Waals surface area contributed by atoms with Gasteiger partial charge in [-0.1, -0.05) is 19.9 Å². The monoisotopic (exact) mass is 289 g/mol. The van der Waals surface area contributed by atoms with Crippen LogP contribution in [-0.2, 0) is 4.79 Å².